The van der Waals surface area contributed by atoms with Gasteiger partial charge >= 0.3 is 5.97 Å². The Hall–Kier alpha value is -1.66. The fourth-order valence-corrected chi connectivity index (χ4v) is 8.72. The van der Waals surface area contributed by atoms with Gasteiger partial charge in [0, 0.05) is 6.42 Å². The van der Waals surface area contributed by atoms with E-state index in [-0.39, 0.29) is 24.9 Å². The van der Waals surface area contributed by atoms with Gasteiger partial charge in [-0.1, -0.05) is 238 Å². The highest BCUT2D eigenvalue weighted by molar-refractivity contribution is 5.77. The van der Waals surface area contributed by atoms with E-state index in [1.165, 1.54) is 199 Å². The maximum atomic E-state index is 13.2. The molecule has 6 nitrogen and oxygen atoms in total. The minimum atomic E-state index is -0.786. The first kappa shape index (κ1) is 61.3. The smallest absolute Gasteiger partial charge is 0.306 e. The predicted octanol–water partition coefficient (Wildman–Crippen LogP) is 17.1. The number of aliphatic hydroxyl groups excluding tert-OH is 2. The van der Waals surface area contributed by atoms with E-state index >= 15 is 0 Å². The van der Waals surface area contributed by atoms with Crippen LogP contribution in [0.4, 0.5) is 0 Å². The number of nitrogens with one attached hydrogen (secondary N) is 1. The van der Waals surface area contributed by atoms with Crippen LogP contribution in [0.15, 0.2) is 24.3 Å². The second-order valence-corrected chi connectivity index (χ2v) is 19.3. The van der Waals surface area contributed by atoms with Gasteiger partial charge in [-0.25, -0.2) is 0 Å². The minimum absolute atomic E-state index is 0.0755. The standard InChI is InChI=1S/C57H109NO5/c1-4-7-10-13-16-19-22-25-26-27-28-29-30-32-35-38-41-44-47-50-57(62)63-53(48-45-42-39-36-33-31-23-20-17-14-11-8-5-2)51-56(61)58-54(52-59)55(60)49-46-43-40-37-34-24-21-18-15-12-9-6-3/h20,23,25-26,53-55,59-60H,4-19,21-22,24,27-52H2,1-3H3,(H,58,61)/b23-20-,26-25+. The second-order valence-electron chi connectivity index (χ2n) is 19.3. The summed E-state index contributed by atoms with van der Waals surface area (Å²) in [6.45, 7) is 6.49. The van der Waals surface area contributed by atoms with Crippen LogP contribution in [0.3, 0.4) is 0 Å². The highest BCUT2D eigenvalue weighted by Gasteiger charge is 2.24. The van der Waals surface area contributed by atoms with E-state index in [0.29, 0.717) is 19.3 Å². The molecule has 3 atom stereocenters. The molecule has 0 heterocycles. The number of ether oxygens (including phenoxy) is 1. The van der Waals surface area contributed by atoms with Crippen molar-refractivity contribution in [1.82, 2.24) is 5.32 Å². The number of rotatable bonds is 51. The first-order chi connectivity index (χ1) is 31.0. The summed E-state index contributed by atoms with van der Waals surface area (Å²) in [6, 6.07) is -0.700. The molecule has 0 saturated heterocycles. The molecule has 0 aliphatic heterocycles. The first-order valence-electron chi connectivity index (χ1n) is 28.1. The van der Waals surface area contributed by atoms with Gasteiger partial charge in [0.25, 0.3) is 0 Å². The van der Waals surface area contributed by atoms with E-state index < -0.39 is 18.2 Å². The van der Waals surface area contributed by atoms with E-state index in [2.05, 4.69) is 50.4 Å². The lowest BCUT2D eigenvalue weighted by Gasteiger charge is -2.24. The molecule has 6 heteroatoms. The molecule has 0 rings (SSSR count). The topological polar surface area (TPSA) is 95.9 Å². The fourth-order valence-electron chi connectivity index (χ4n) is 8.72. The van der Waals surface area contributed by atoms with Crippen LogP contribution in [0, 0.1) is 0 Å². The summed E-state index contributed by atoms with van der Waals surface area (Å²) in [5, 5.41) is 23.8. The number of hydrogen-bond acceptors (Lipinski definition) is 5. The van der Waals surface area contributed by atoms with Crippen molar-refractivity contribution in [2.45, 2.75) is 322 Å². The average Bonchev–Trinajstić information content (AvgIpc) is 3.28. The molecule has 372 valence electrons. The Labute approximate surface area is 392 Å². The Bertz CT molecular complexity index is 997. The van der Waals surface area contributed by atoms with E-state index in [0.717, 1.165) is 57.8 Å². The summed E-state index contributed by atoms with van der Waals surface area (Å²) in [5.41, 5.74) is 0. The van der Waals surface area contributed by atoms with Crippen molar-refractivity contribution in [2.24, 2.45) is 0 Å². The lowest BCUT2D eigenvalue weighted by atomic mass is 10.0. The van der Waals surface area contributed by atoms with E-state index in [9.17, 15) is 19.8 Å². The lowest BCUT2D eigenvalue weighted by molar-refractivity contribution is -0.151. The Kier molecular flexibility index (Phi) is 50.0. The number of unbranched alkanes of at least 4 members (excludes halogenated alkanes) is 35. The van der Waals surface area contributed by atoms with Crippen molar-refractivity contribution < 1.29 is 24.5 Å². The number of carbonyl (C=O) groups is 2. The monoisotopic (exact) mass is 888 g/mol. The zero-order chi connectivity index (χ0) is 45.9. The minimum Gasteiger partial charge on any atom is -0.462 e. The van der Waals surface area contributed by atoms with Crippen LogP contribution in [0.1, 0.15) is 303 Å². The number of carbonyl (C=O) groups excluding carboxylic acids is 2. The summed E-state index contributed by atoms with van der Waals surface area (Å²) < 4.78 is 5.95. The molecule has 0 aromatic carbocycles. The van der Waals surface area contributed by atoms with Crippen LogP contribution in [0.25, 0.3) is 0 Å². The van der Waals surface area contributed by atoms with Crippen LogP contribution in [0.5, 0.6) is 0 Å². The summed E-state index contributed by atoms with van der Waals surface area (Å²) in [4.78, 5) is 26.2. The van der Waals surface area contributed by atoms with Crippen molar-refractivity contribution in [3.8, 4) is 0 Å². The van der Waals surface area contributed by atoms with Crippen molar-refractivity contribution in [3.05, 3.63) is 24.3 Å². The fraction of sp³-hybridized carbons (Fsp3) is 0.895. The molecule has 3 N–H and O–H groups in total. The highest BCUT2D eigenvalue weighted by Crippen LogP contribution is 2.18. The Morgan fingerprint density at radius 3 is 1.14 bits per heavy atom. The maximum Gasteiger partial charge on any atom is 0.306 e. The van der Waals surface area contributed by atoms with E-state index in [1.54, 1.807) is 0 Å². The van der Waals surface area contributed by atoms with Crippen LogP contribution in [-0.2, 0) is 14.3 Å². The largest absolute Gasteiger partial charge is 0.462 e. The maximum absolute atomic E-state index is 13.2. The van der Waals surface area contributed by atoms with Crippen molar-refractivity contribution in [3.63, 3.8) is 0 Å². The third-order valence-electron chi connectivity index (χ3n) is 13.0. The third kappa shape index (κ3) is 46.7. The number of hydrogen-bond donors (Lipinski definition) is 3. The zero-order valence-corrected chi connectivity index (χ0v) is 42.5. The molecule has 0 spiro atoms. The van der Waals surface area contributed by atoms with Gasteiger partial charge in [-0.05, 0) is 77.0 Å². The third-order valence-corrected chi connectivity index (χ3v) is 13.0. The number of amides is 1. The average molecular weight is 889 g/mol. The van der Waals surface area contributed by atoms with Gasteiger partial charge in [0.05, 0.1) is 25.2 Å². The molecule has 0 radical (unpaired) electrons. The van der Waals surface area contributed by atoms with Crippen LogP contribution in [-0.4, -0.2) is 46.9 Å². The van der Waals surface area contributed by atoms with Gasteiger partial charge in [0.1, 0.15) is 6.10 Å². The number of aliphatic hydroxyl groups is 2. The Morgan fingerprint density at radius 1 is 0.444 bits per heavy atom. The molecule has 0 bridgehead atoms. The molecule has 0 fully saturated rings. The van der Waals surface area contributed by atoms with Crippen molar-refractivity contribution in [2.75, 3.05) is 6.61 Å². The van der Waals surface area contributed by atoms with Crippen LogP contribution >= 0.6 is 0 Å². The van der Waals surface area contributed by atoms with Gasteiger partial charge < -0.3 is 20.3 Å². The molecule has 0 aromatic heterocycles. The molecule has 63 heavy (non-hydrogen) atoms. The molecular formula is C57H109NO5. The number of esters is 1. The number of allylic oxidation sites excluding steroid dienone is 4. The Morgan fingerprint density at radius 2 is 0.762 bits per heavy atom. The summed E-state index contributed by atoms with van der Waals surface area (Å²) in [7, 11) is 0. The van der Waals surface area contributed by atoms with Gasteiger partial charge in [-0.2, -0.15) is 0 Å². The second kappa shape index (κ2) is 51.3. The lowest BCUT2D eigenvalue weighted by Crippen LogP contribution is -2.46. The molecule has 3 unspecified atom stereocenters. The van der Waals surface area contributed by atoms with Gasteiger partial charge in [-0.15, -0.1) is 0 Å². The molecular weight excluding hydrogens is 779 g/mol. The molecule has 0 saturated carbocycles. The summed E-state index contributed by atoms with van der Waals surface area (Å²) in [5.74, 6) is -0.469. The van der Waals surface area contributed by atoms with E-state index in [4.69, 9.17) is 4.74 Å². The van der Waals surface area contributed by atoms with Crippen molar-refractivity contribution in [1.29, 1.82) is 0 Å². The first-order valence-corrected chi connectivity index (χ1v) is 28.1. The van der Waals surface area contributed by atoms with E-state index in [1.807, 2.05) is 0 Å². The van der Waals surface area contributed by atoms with Crippen LogP contribution in [0.2, 0.25) is 0 Å². The van der Waals surface area contributed by atoms with Gasteiger partial charge in [0.2, 0.25) is 5.91 Å². The quantitative estimate of drug-likeness (QED) is 0.0321. The van der Waals surface area contributed by atoms with Crippen molar-refractivity contribution >= 4 is 11.9 Å². The SMILES string of the molecule is CCCCCC/C=C\CCCCCCCC(CC(=O)NC(CO)C(O)CCCCCCCCCCCCCC)OC(=O)CCCCCCCCCCC/C=C/CCCCCCCC. The van der Waals surface area contributed by atoms with Crippen LogP contribution < -0.4 is 5.32 Å². The summed E-state index contributed by atoms with van der Waals surface area (Å²) >= 11 is 0. The molecule has 0 aromatic rings. The van der Waals surface area contributed by atoms with Gasteiger partial charge in [0.15, 0.2) is 0 Å². The molecule has 1 amide bonds. The highest BCUT2D eigenvalue weighted by atomic mass is 16.5. The zero-order valence-electron chi connectivity index (χ0n) is 42.5. The Balaban J connectivity index is 4.49. The normalized spacial score (nSPS) is 13.3. The molecule has 0 aliphatic rings. The molecule has 0 aliphatic carbocycles. The predicted molar refractivity (Wildman–Crippen MR) is 273 cm³/mol. The van der Waals surface area contributed by atoms with Gasteiger partial charge in [-0.3, -0.25) is 9.59 Å². The summed E-state index contributed by atoms with van der Waals surface area (Å²) in [6.07, 6.45) is 59.6.